The van der Waals surface area contributed by atoms with E-state index in [2.05, 4.69) is 56.7 Å². The van der Waals surface area contributed by atoms with E-state index in [4.69, 9.17) is 5.73 Å². The second kappa shape index (κ2) is 7.60. The minimum absolute atomic E-state index is 0.0929. The lowest BCUT2D eigenvalue weighted by Gasteiger charge is -2.39. The summed E-state index contributed by atoms with van der Waals surface area (Å²) in [5.74, 6) is 0.0929. The number of aromatic amines is 1. The van der Waals surface area contributed by atoms with Gasteiger partial charge in [0.2, 0.25) is 0 Å². The Hall–Kier alpha value is -2.31. The molecule has 172 valence electrons. The molecule has 6 rings (SSSR count). The number of ketones is 1. The van der Waals surface area contributed by atoms with Crippen molar-refractivity contribution in [3.63, 3.8) is 0 Å². The number of rotatable bonds is 2. The molecule has 3 aromatic rings. The quantitative estimate of drug-likeness (QED) is 0.453. The van der Waals surface area contributed by atoms with Crippen molar-refractivity contribution in [3.05, 3.63) is 57.2 Å². The molecule has 0 radical (unpaired) electrons. The number of hydrogen-bond donors (Lipinski definition) is 2. The van der Waals surface area contributed by atoms with Crippen molar-refractivity contribution in [2.45, 2.75) is 51.0 Å². The molecule has 2 saturated heterocycles. The molecule has 2 aromatic carbocycles. The van der Waals surface area contributed by atoms with Crippen LogP contribution in [0, 0.1) is 0 Å². The predicted octanol–water partition coefficient (Wildman–Crippen LogP) is 5.45. The fourth-order valence-corrected chi connectivity index (χ4v) is 6.87. The van der Waals surface area contributed by atoms with E-state index in [0.717, 1.165) is 56.9 Å². The van der Waals surface area contributed by atoms with Crippen molar-refractivity contribution >= 4 is 44.0 Å². The van der Waals surface area contributed by atoms with E-state index < -0.39 is 0 Å². The van der Waals surface area contributed by atoms with E-state index in [0.29, 0.717) is 5.69 Å². The number of carbonyl (C=O) groups excluding carboxylic acids is 1. The van der Waals surface area contributed by atoms with Gasteiger partial charge in [0.05, 0.1) is 11.3 Å². The lowest BCUT2D eigenvalue weighted by molar-refractivity contribution is 0.103. The molecule has 0 amide bonds. The summed E-state index contributed by atoms with van der Waals surface area (Å²) in [6.07, 6.45) is 5.11. The summed E-state index contributed by atoms with van der Waals surface area (Å²) in [6, 6.07) is 10.8. The Balaban J connectivity index is 1.37. The number of H-pyrrole nitrogens is 1. The van der Waals surface area contributed by atoms with Crippen LogP contribution in [0.3, 0.4) is 0 Å². The van der Waals surface area contributed by atoms with Crippen LogP contribution in [0.5, 0.6) is 0 Å². The largest absolute Gasteiger partial charge is 0.399 e. The molecule has 33 heavy (non-hydrogen) atoms. The highest BCUT2D eigenvalue weighted by atomic mass is 79.9. The number of piperidine rings is 1. The molecule has 0 saturated carbocycles. The first-order valence-electron chi connectivity index (χ1n) is 12.1. The van der Waals surface area contributed by atoms with Gasteiger partial charge in [-0.25, -0.2) is 0 Å². The highest BCUT2D eigenvalue weighted by molar-refractivity contribution is 9.10. The molecule has 2 aliphatic heterocycles. The maximum absolute atomic E-state index is 13.7. The summed E-state index contributed by atoms with van der Waals surface area (Å²) in [7, 11) is 0. The Kier molecular flexibility index (Phi) is 4.89. The molecule has 6 heteroatoms. The smallest absolute Gasteiger partial charge is 0.195 e. The first-order valence-corrected chi connectivity index (χ1v) is 12.9. The van der Waals surface area contributed by atoms with Gasteiger partial charge in [-0.3, -0.25) is 4.79 Å². The third-order valence-electron chi connectivity index (χ3n) is 8.14. The number of nitrogens with two attached hydrogens (primary N) is 1. The van der Waals surface area contributed by atoms with Crippen LogP contribution in [-0.4, -0.2) is 47.9 Å². The lowest BCUT2D eigenvalue weighted by atomic mass is 9.71. The number of nitrogens with zero attached hydrogens (tertiary/aromatic N) is 2. The van der Waals surface area contributed by atoms with Crippen molar-refractivity contribution < 1.29 is 4.79 Å². The normalized spacial score (nSPS) is 20.9. The number of likely N-dealkylation sites (tertiary alicyclic amines) is 1. The number of fused-ring (bicyclic) bond motifs is 4. The Morgan fingerprint density at radius 1 is 1.06 bits per heavy atom. The molecule has 0 bridgehead atoms. The number of nitrogen functional groups attached to an aromatic ring is 1. The van der Waals surface area contributed by atoms with Crippen LogP contribution in [0.25, 0.3) is 10.9 Å². The second-order valence-corrected chi connectivity index (χ2v) is 11.3. The Morgan fingerprint density at radius 2 is 1.79 bits per heavy atom. The van der Waals surface area contributed by atoms with E-state index in [1.165, 1.54) is 44.5 Å². The predicted molar refractivity (Wildman–Crippen MR) is 138 cm³/mol. The molecule has 0 atom stereocenters. The molecule has 1 aromatic heterocycles. The topological polar surface area (TPSA) is 65.4 Å². The van der Waals surface area contributed by atoms with Crippen molar-refractivity contribution in [3.8, 4) is 0 Å². The maximum atomic E-state index is 13.7. The van der Waals surface area contributed by atoms with Gasteiger partial charge in [0.15, 0.2) is 5.78 Å². The molecule has 5 nitrogen and oxygen atoms in total. The molecule has 3 heterocycles. The molecule has 2 fully saturated rings. The van der Waals surface area contributed by atoms with Gasteiger partial charge in [-0.05, 0) is 84.5 Å². The number of hydrogen-bond acceptors (Lipinski definition) is 4. The number of anilines is 2. The Labute approximate surface area is 203 Å². The van der Waals surface area contributed by atoms with Crippen LogP contribution in [-0.2, 0) is 5.41 Å². The zero-order valence-electron chi connectivity index (χ0n) is 19.4. The molecular weight excluding hydrogens is 476 g/mol. The fraction of sp³-hybridized carbons (Fsp3) is 0.444. The van der Waals surface area contributed by atoms with Gasteiger partial charge >= 0.3 is 0 Å². The average molecular weight is 507 g/mol. The summed E-state index contributed by atoms with van der Waals surface area (Å²) in [4.78, 5) is 22.4. The summed E-state index contributed by atoms with van der Waals surface area (Å²) in [5.41, 5.74) is 12.2. The average Bonchev–Trinajstić information content (AvgIpc) is 3.46. The van der Waals surface area contributed by atoms with E-state index >= 15 is 0 Å². The number of carbonyl (C=O) groups is 1. The number of halogens is 1. The SMILES string of the molecule is CC1(C)c2cc(N3CCC(N4CCCC4)CC3)c(Br)cc2C(=O)c2c1[nH]c1cc(N)ccc21. The van der Waals surface area contributed by atoms with Crippen LogP contribution in [0.4, 0.5) is 11.4 Å². The summed E-state index contributed by atoms with van der Waals surface area (Å²) in [6.45, 7) is 9.08. The van der Waals surface area contributed by atoms with Crippen LogP contribution < -0.4 is 10.6 Å². The number of aromatic nitrogens is 1. The van der Waals surface area contributed by atoms with Crippen molar-refractivity contribution in [1.29, 1.82) is 0 Å². The minimum Gasteiger partial charge on any atom is -0.399 e. The highest BCUT2D eigenvalue weighted by Crippen LogP contribution is 2.46. The molecule has 1 aliphatic carbocycles. The second-order valence-electron chi connectivity index (χ2n) is 10.4. The Bertz CT molecular complexity index is 1260. The minimum atomic E-state index is -0.310. The molecule has 3 N–H and O–H groups in total. The van der Waals surface area contributed by atoms with Gasteiger partial charge in [-0.1, -0.05) is 19.9 Å². The van der Waals surface area contributed by atoms with E-state index in [9.17, 15) is 4.79 Å². The summed E-state index contributed by atoms with van der Waals surface area (Å²) in [5, 5.41) is 0.951. The molecule has 0 unspecified atom stereocenters. The third kappa shape index (κ3) is 3.25. The van der Waals surface area contributed by atoms with Crippen molar-refractivity contribution in [1.82, 2.24) is 9.88 Å². The standard InChI is InChI=1S/C27H31BrN4O/c1-27(2)20-15-23(32-11-7-17(8-12-32)31-9-3-4-10-31)21(28)14-19(20)25(33)24-18-6-5-16(29)13-22(18)30-26(24)27/h5-6,13-15,17,30H,3-4,7-12,29H2,1-2H3. The molecular formula is C27H31BrN4O. The zero-order valence-corrected chi connectivity index (χ0v) is 21.0. The van der Waals surface area contributed by atoms with Crippen molar-refractivity contribution in [2.24, 2.45) is 0 Å². The van der Waals surface area contributed by atoms with Gasteiger partial charge in [-0.2, -0.15) is 0 Å². The number of benzene rings is 2. The monoisotopic (exact) mass is 506 g/mol. The first-order chi connectivity index (χ1) is 15.8. The van der Waals surface area contributed by atoms with Crippen LogP contribution >= 0.6 is 15.9 Å². The van der Waals surface area contributed by atoms with Gasteiger partial charge in [0, 0.05) is 56.9 Å². The maximum Gasteiger partial charge on any atom is 0.195 e. The summed E-state index contributed by atoms with van der Waals surface area (Å²) < 4.78 is 1.01. The zero-order chi connectivity index (χ0) is 22.9. The number of nitrogens with one attached hydrogen (secondary N) is 1. The third-order valence-corrected chi connectivity index (χ3v) is 8.78. The highest BCUT2D eigenvalue weighted by Gasteiger charge is 2.40. The van der Waals surface area contributed by atoms with Crippen LogP contribution in [0.15, 0.2) is 34.8 Å². The lowest BCUT2D eigenvalue weighted by Crippen LogP contribution is -2.44. The van der Waals surface area contributed by atoms with Crippen molar-refractivity contribution in [2.75, 3.05) is 36.8 Å². The van der Waals surface area contributed by atoms with Crippen LogP contribution in [0.2, 0.25) is 0 Å². The summed E-state index contributed by atoms with van der Waals surface area (Å²) >= 11 is 3.82. The van der Waals surface area contributed by atoms with Gasteiger partial charge in [0.25, 0.3) is 0 Å². The van der Waals surface area contributed by atoms with E-state index in [1.807, 2.05) is 18.2 Å². The molecule has 3 aliphatic rings. The van der Waals surface area contributed by atoms with Gasteiger partial charge in [0.1, 0.15) is 0 Å². The van der Waals surface area contributed by atoms with E-state index in [1.54, 1.807) is 0 Å². The fourth-order valence-electron chi connectivity index (χ4n) is 6.28. The van der Waals surface area contributed by atoms with Crippen LogP contribution in [0.1, 0.15) is 66.7 Å². The van der Waals surface area contributed by atoms with E-state index in [-0.39, 0.29) is 11.2 Å². The first kappa shape index (κ1) is 21.2. The van der Waals surface area contributed by atoms with Gasteiger partial charge < -0.3 is 20.5 Å². The Morgan fingerprint density at radius 3 is 2.52 bits per heavy atom. The molecule has 0 spiro atoms. The van der Waals surface area contributed by atoms with Gasteiger partial charge in [-0.15, -0.1) is 0 Å².